The van der Waals surface area contributed by atoms with Gasteiger partial charge < -0.3 is 20.8 Å². The van der Waals surface area contributed by atoms with Crippen molar-refractivity contribution in [3.63, 3.8) is 0 Å². The number of anilines is 3. The summed E-state index contributed by atoms with van der Waals surface area (Å²) in [5, 5.41) is 3.42. The molecule has 0 spiro atoms. The van der Waals surface area contributed by atoms with E-state index in [0.29, 0.717) is 34.4 Å². The number of nitrogens with one attached hydrogen (secondary N) is 2. The number of fused-ring (bicyclic) bond motifs is 1. The third-order valence-corrected chi connectivity index (χ3v) is 7.07. The Balaban J connectivity index is 1.46. The molecular formula is C26H32N8O2. The van der Waals surface area contributed by atoms with Crippen LogP contribution in [0.1, 0.15) is 59.6 Å². The smallest absolute Gasteiger partial charge is 0.260 e. The maximum atomic E-state index is 13.7. The summed E-state index contributed by atoms with van der Waals surface area (Å²) in [4.78, 5) is 36.4. The number of methoxy groups -OCH3 is 1. The Morgan fingerprint density at radius 3 is 2.75 bits per heavy atom. The van der Waals surface area contributed by atoms with Gasteiger partial charge in [-0.25, -0.2) is 9.97 Å². The van der Waals surface area contributed by atoms with E-state index in [1.54, 1.807) is 24.3 Å². The van der Waals surface area contributed by atoms with E-state index in [-0.39, 0.29) is 18.4 Å². The van der Waals surface area contributed by atoms with Crippen LogP contribution in [0.25, 0.3) is 11.6 Å². The zero-order valence-corrected chi connectivity index (χ0v) is 21.2. The minimum atomic E-state index is -0.203. The van der Waals surface area contributed by atoms with E-state index in [0.717, 1.165) is 34.9 Å². The van der Waals surface area contributed by atoms with Crippen LogP contribution >= 0.6 is 0 Å². The third-order valence-electron chi connectivity index (χ3n) is 7.07. The molecule has 0 saturated heterocycles. The Kier molecular flexibility index (Phi) is 6.34. The SMILES string of the molecule is COc1c(C)cnc(CN2C(=O)/C(=C\c3nc(NCC4CCCC4)c[nH]3)c3c(C)nc(N)nc32)c1C. The molecule has 0 radical (unpaired) electrons. The summed E-state index contributed by atoms with van der Waals surface area (Å²) >= 11 is 0. The molecule has 36 heavy (non-hydrogen) atoms. The molecule has 188 valence electrons. The Morgan fingerprint density at radius 2 is 2.00 bits per heavy atom. The Hall–Kier alpha value is -3.95. The first-order valence-corrected chi connectivity index (χ1v) is 12.3. The number of pyridine rings is 1. The average Bonchev–Trinajstić information content (AvgIpc) is 3.57. The zero-order chi connectivity index (χ0) is 25.4. The van der Waals surface area contributed by atoms with Gasteiger partial charge in [-0.2, -0.15) is 4.98 Å². The lowest BCUT2D eigenvalue weighted by Gasteiger charge is -2.19. The normalized spacial score (nSPS) is 16.7. The highest BCUT2D eigenvalue weighted by Gasteiger charge is 2.37. The molecule has 4 N–H and O–H groups in total. The maximum Gasteiger partial charge on any atom is 0.260 e. The van der Waals surface area contributed by atoms with Crippen molar-refractivity contribution in [3.8, 4) is 5.75 Å². The molecule has 1 aliphatic heterocycles. The molecular weight excluding hydrogens is 456 g/mol. The van der Waals surface area contributed by atoms with E-state index in [1.165, 1.54) is 25.7 Å². The summed E-state index contributed by atoms with van der Waals surface area (Å²) < 4.78 is 5.55. The number of amides is 1. The van der Waals surface area contributed by atoms with Crippen LogP contribution in [0.15, 0.2) is 12.4 Å². The van der Waals surface area contributed by atoms with E-state index < -0.39 is 0 Å². The topological polar surface area (TPSA) is 135 Å². The molecule has 10 heteroatoms. The van der Waals surface area contributed by atoms with Gasteiger partial charge in [0.05, 0.1) is 36.2 Å². The van der Waals surface area contributed by atoms with Gasteiger partial charge in [0.25, 0.3) is 5.91 Å². The van der Waals surface area contributed by atoms with Gasteiger partial charge in [0.2, 0.25) is 5.95 Å². The average molecular weight is 489 g/mol. The summed E-state index contributed by atoms with van der Waals surface area (Å²) in [6.07, 6.45) is 10.5. The Bertz CT molecular complexity index is 1340. The summed E-state index contributed by atoms with van der Waals surface area (Å²) in [5.41, 5.74) is 10.3. The lowest BCUT2D eigenvalue weighted by Crippen LogP contribution is -2.27. The molecule has 3 aromatic heterocycles. The molecule has 3 aromatic rings. The molecule has 0 bridgehead atoms. The Morgan fingerprint density at radius 1 is 1.22 bits per heavy atom. The highest BCUT2D eigenvalue weighted by Crippen LogP contribution is 2.39. The maximum absolute atomic E-state index is 13.7. The van der Waals surface area contributed by atoms with Crippen LogP contribution in [-0.2, 0) is 11.3 Å². The minimum Gasteiger partial charge on any atom is -0.496 e. The predicted octanol–water partition coefficient (Wildman–Crippen LogP) is 3.80. The highest BCUT2D eigenvalue weighted by atomic mass is 16.5. The number of rotatable bonds is 7. The number of hydrogen-bond donors (Lipinski definition) is 3. The molecule has 4 heterocycles. The molecule has 1 aliphatic carbocycles. The quantitative estimate of drug-likeness (QED) is 0.428. The summed E-state index contributed by atoms with van der Waals surface area (Å²) in [6, 6.07) is 0. The summed E-state index contributed by atoms with van der Waals surface area (Å²) in [6.45, 7) is 6.85. The fourth-order valence-corrected chi connectivity index (χ4v) is 5.20. The largest absolute Gasteiger partial charge is 0.496 e. The number of carbonyl (C=O) groups excluding carboxylic acids is 1. The minimum absolute atomic E-state index is 0.118. The molecule has 0 unspecified atom stereocenters. The first kappa shape index (κ1) is 23.8. The van der Waals surface area contributed by atoms with Gasteiger partial charge in [-0.05, 0) is 45.6 Å². The van der Waals surface area contributed by atoms with Gasteiger partial charge in [0.15, 0.2) is 0 Å². The van der Waals surface area contributed by atoms with Crippen LogP contribution in [0.2, 0.25) is 0 Å². The van der Waals surface area contributed by atoms with E-state index >= 15 is 0 Å². The number of hydrogen-bond acceptors (Lipinski definition) is 8. The highest BCUT2D eigenvalue weighted by molar-refractivity contribution is 6.35. The van der Waals surface area contributed by atoms with Gasteiger partial charge in [-0.15, -0.1) is 0 Å². The number of carbonyl (C=O) groups is 1. The number of ether oxygens (including phenoxy) is 1. The second-order valence-corrected chi connectivity index (χ2v) is 9.56. The van der Waals surface area contributed by atoms with Crippen LogP contribution < -0.4 is 20.7 Å². The number of imidazole rings is 1. The summed E-state index contributed by atoms with van der Waals surface area (Å²) in [5.74, 6) is 3.20. The number of nitrogens with two attached hydrogens (primary N) is 1. The molecule has 1 fully saturated rings. The second kappa shape index (κ2) is 9.60. The number of H-pyrrole nitrogens is 1. The lowest BCUT2D eigenvalue weighted by atomic mass is 10.1. The van der Waals surface area contributed by atoms with Crippen LogP contribution in [0, 0.1) is 26.7 Å². The fraction of sp³-hybridized carbons (Fsp3) is 0.423. The lowest BCUT2D eigenvalue weighted by molar-refractivity contribution is -0.113. The van der Waals surface area contributed by atoms with Crippen molar-refractivity contribution in [2.45, 2.75) is 53.0 Å². The molecule has 0 atom stereocenters. The molecule has 1 amide bonds. The van der Waals surface area contributed by atoms with Gasteiger partial charge in [0, 0.05) is 30.1 Å². The van der Waals surface area contributed by atoms with E-state index in [2.05, 4.69) is 30.2 Å². The molecule has 2 aliphatic rings. The standard InChI is InChI=1S/C26H32N8O2/c1-14-10-28-19(15(2)23(14)36-4)13-34-24-22(16(3)31-26(27)33-24)18(25(34)35)9-20-30-12-21(32-20)29-11-17-7-5-6-8-17/h9-10,12,17,29H,5-8,11,13H2,1-4H3,(H,30,32)(H2,27,31,33)/b18-9-. The molecule has 10 nitrogen and oxygen atoms in total. The Labute approximate surface area is 210 Å². The van der Waals surface area contributed by atoms with E-state index in [4.69, 9.17) is 10.5 Å². The van der Waals surface area contributed by atoms with Crippen LogP contribution in [-0.4, -0.2) is 44.5 Å². The van der Waals surface area contributed by atoms with Gasteiger partial charge in [-0.3, -0.25) is 14.7 Å². The number of aromatic nitrogens is 5. The summed E-state index contributed by atoms with van der Waals surface area (Å²) in [7, 11) is 1.63. The molecule has 5 rings (SSSR count). The van der Waals surface area contributed by atoms with Gasteiger partial charge in [-0.1, -0.05) is 12.8 Å². The van der Waals surface area contributed by atoms with Crippen molar-refractivity contribution < 1.29 is 9.53 Å². The fourth-order valence-electron chi connectivity index (χ4n) is 5.20. The number of nitrogen functional groups attached to an aromatic ring is 1. The van der Waals surface area contributed by atoms with Crippen LogP contribution in [0.4, 0.5) is 17.6 Å². The van der Waals surface area contributed by atoms with Crippen molar-refractivity contribution in [2.75, 3.05) is 29.6 Å². The van der Waals surface area contributed by atoms with Crippen molar-refractivity contribution in [1.29, 1.82) is 0 Å². The van der Waals surface area contributed by atoms with E-state index in [9.17, 15) is 4.79 Å². The first-order valence-electron chi connectivity index (χ1n) is 12.3. The number of aromatic amines is 1. The monoisotopic (exact) mass is 488 g/mol. The zero-order valence-electron chi connectivity index (χ0n) is 21.2. The molecule has 0 aromatic carbocycles. The van der Waals surface area contributed by atoms with Gasteiger partial charge in [0.1, 0.15) is 23.2 Å². The van der Waals surface area contributed by atoms with Gasteiger partial charge >= 0.3 is 0 Å². The van der Waals surface area contributed by atoms with Crippen molar-refractivity contribution in [2.24, 2.45) is 5.92 Å². The van der Waals surface area contributed by atoms with E-state index in [1.807, 2.05) is 27.0 Å². The third kappa shape index (κ3) is 4.38. The number of nitrogens with zero attached hydrogens (tertiary/aromatic N) is 5. The van der Waals surface area contributed by atoms with Crippen LogP contribution in [0.3, 0.4) is 0 Å². The van der Waals surface area contributed by atoms with Crippen molar-refractivity contribution in [3.05, 3.63) is 46.3 Å². The molecule has 1 saturated carbocycles. The second-order valence-electron chi connectivity index (χ2n) is 9.56. The van der Waals surface area contributed by atoms with Crippen molar-refractivity contribution >= 4 is 35.1 Å². The first-order chi connectivity index (χ1) is 17.4. The predicted molar refractivity (Wildman–Crippen MR) is 140 cm³/mol. The number of aryl methyl sites for hydroxylation is 2. The van der Waals surface area contributed by atoms with Crippen molar-refractivity contribution in [1.82, 2.24) is 24.9 Å². The van der Waals surface area contributed by atoms with Crippen LogP contribution in [0.5, 0.6) is 5.75 Å².